The second-order valence-electron chi connectivity index (χ2n) is 5.23. The van der Waals surface area contributed by atoms with Crippen molar-refractivity contribution in [1.82, 2.24) is 0 Å². The van der Waals surface area contributed by atoms with E-state index >= 15 is 0 Å². The lowest BCUT2D eigenvalue weighted by atomic mass is 9.76. The van der Waals surface area contributed by atoms with Crippen molar-refractivity contribution in [2.75, 3.05) is 5.32 Å². The van der Waals surface area contributed by atoms with Crippen LogP contribution in [-0.2, 0) is 0 Å². The maximum absolute atomic E-state index is 13.2. The van der Waals surface area contributed by atoms with Crippen LogP contribution in [0.5, 0.6) is 5.75 Å². The third kappa shape index (κ3) is 2.73. The fourth-order valence-corrected chi connectivity index (χ4v) is 2.70. The van der Waals surface area contributed by atoms with Gasteiger partial charge in [-0.25, -0.2) is 4.39 Å². The van der Waals surface area contributed by atoms with Crippen LogP contribution in [0.3, 0.4) is 0 Å². The molecule has 1 saturated carbocycles. The summed E-state index contributed by atoms with van der Waals surface area (Å²) >= 11 is 5.87. The molecule has 0 spiro atoms. The molecule has 1 aliphatic rings. The third-order valence-electron chi connectivity index (χ3n) is 3.80. The van der Waals surface area contributed by atoms with E-state index in [-0.39, 0.29) is 5.75 Å². The van der Waals surface area contributed by atoms with Crippen LogP contribution >= 0.6 is 11.6 Å². The second-order valence-corrected chi connectivity index (χ2v) is 5.66. The van der Waals surface area contributed by atoms with Crippen LogP contribution in [0, 0.1) is 5.82 Å². The molecule has 2 N–H and O–H groups in total. The van der Waals surface area contributed by atoms with Gasteiger partial charge in [0, 0.05) is 22.8 Å². The molecule has 0 bridgehead atoms. The van der Waals surface area contributed by atoms with Crippen LogP contribution in [0.2, 0.25) is 5.02 Å². The van der Waals surface area contributed by atoms with Gasteiger partial charge in [0.05, 0.1) is 0 Å². The summed E-state index contributed by atoms with van der Waals surface area (Å²) < 4.78 is 13.2. The van der Waals surface area contributed by atoms with Crippen LogP contribution in [-0.4, -0.2) is 11.1 Å². The number of aromatic hydroxyl groups is 1. The molecule has 1 aliphatic carbocycles. The van der Waals surface area contributed by atoms with Crippen molar-refractivity contribution in [3.8, 4) is 5.75 Å². The minimum Gasteiger partial charge on any atom is -0.505 e. The molecule has 0 amide bonds. The Hall–Kier alpha value is -1.74. The summed E-state index contributed by atoms with van der Waals surface area (Å²) in [6.07, 6.45) is 2.04. The number of anilines is 1. The van der Waals surface area contributed by atoms with Crippen LogP contribution in [0.4, 0.5) is 10.1 Å². The zero-order chi connectivity index (χ0) is 14.1. The minimum absolute atomic E-state index is 0.316. The van der Waals surface area contributed by atoms with E-state index in [1.54, 1.807) is 6.07 Å². The number of phenolic OH excluding ortho intramolecular Hbond substituents is 1. The monoisotopic (exact) mass is 291 g/mol. The van der Waals surface area contributed by atoms with Crippen molar-refractivity contribution >= 4 is 17.3 Å². The van der Waals surface area contributed by atoms with Crippen molar-refractivity contribution in [2.45, 2.75) is 24.8 Å². The minimum atomic E-state index is -0.594. The van der Waals surface area contributed by atoms with E-state index in [2.05, 4.69) is 17.4 Å². The van der Waals surface area contributed by atoms with Gasteiger partial charge in [0.2, 0.25) is 0 Å². The highest BCUT2D eigenvalue weighted by Gasteiger charge is 2.30. The van der Waals surface area contributed by atoms with Gasteiger partial charge in [-0.05, 0) is 48.6 Å². The van der Waals surface area contributed by atoms with E-state index in [0.717, 1.165) is 17.9 Å². The van der Waals surface area contributed by atoms with Gasteiger partial charge < -0.3 is 10.4 Å². The molecule has 2 nitrogen and oxygen atoms in total. The maximum atomic E-state index is 13.2. The highest BCUT2D eigenvalue weighted by atomic mass is 35.5. The van der Waals surface area contributed by atoms with Crippen molar-refractivity contribution < 1.29 is 9.50 Å². The number of nitrogens with one attached hydrogen (secondary N) is 1. The number of benzene rings is 2. The summed E-state index contributed by atoms with van der Waals surface area (Å²) in [5, 5.41) is 13.2. The first kappa shape index (κ1) is 13.3. The fraction of sp³-hybridized carbons (Fsp3) is 0.250. The number of halogens is 2. The Bertz CT molecular complexity index is 608. The molecule has 1 fully saturated rings. The average molecular weight is 292 g/mol. The lowest BCUT2D eigenvalue weighted by Crippen LogP contribution is -2.33. The van der Waals surface area contributed by atoms with Crippen LogP contribution in [0.15, 0.2) is 42.5 Å². The standard InChI is InChI=1S/C16H15ClFNO/c17-12-3-1-10(2-4-12)11-7-14(8-11)19-13-5-6-16(20)15(18)9-13/h1-6,9,11,14,19-20H,7-8H2. The molecule has 104 valence electrons. The number of phenols is 1. The Balaban J connectivity index is 1.58. The number of hydrogen-bond donors (Lipinski definition) is 2. The predicted molar refractivity (Wildman–Crippen MR) is 78.9 cm³/mol. The topological polar surface area (TPSA) is 32.3 Å². The average Bonchev–Trinajstić information content (AvgIpc) is 2.39. The molecule has 0 atom stereocenters. The quantitative estimate of drug-likeness (QED) is 0.814. The molecule has 0 aliphatic heterocycles. The zero-order valence-corrected chi connectivity index (χ0v) is 11.6. The fourth-order valence-electron chi connectivity index (χ4n) is 2.58. The first-order chi connectivity index (χ1) is 9.61. The van der Waals surface area contributed by atoms with Gasteiger partial charge in [0.25, 0.3) is 0 Å². The molecule has 20 heavy (non-hydrogen) atoms. The largest absolute Gasteiger partial charge is 0.505 e. The Labute approximate surface area is 122 Å². The lowest BCUT2D eigenvalue weighted by Gasteiger charge is -2.37. The molecule has 3 rings (SSSR count). The summed E-state index contributed by atoms with van der Waals surface area (Å²) in [5.41, 5.74) is 2.00. The molecular formula is C16H15ClFNO. The lowest BCUT2D eigenvalue weighted by molar-refractivity contribution is 0.374. The van der Waals surface area contributed by atoms with E-state index in [1.807, 2.05) is 12.1 Å². The molecule has 2 aromatic rings. The van der Waals surface area contributed by atoms with Crippen LogP contribution < -0.4 is 5.32 Å². The van der Waals surface area contributed by atoms with Crippen molar-refractivity contribution in [2.24, 2.45) is 0 Å². The van der Waals surface area contributed by atoms with Gasteiger partial charge in [0.1, 0.15) is 0 Å². The third-order valence-corrected chi connectivity index (χ3v) is 4.05. The summed E-state index contributed by atoms with van der Waals surface area (Å²) in [5.74, 6) is -0.376. The van der Waals surface area contributed by atoms with Gasteiger partial charge in [-0.2, -0.15) is 0 Å². The molecule has 4 heteroatoms. The Morgan fingerprint density at radius 3 is 2.45 bits per heavy atom. The van der Waals surface area contributed by atoms with E-state index < -0.39 is 5.82 Å². The van der Waals surface area contributed by atoms with Crippen molar-refractivity contribution in [3.63, 3.8) is 0 Å². The molecule has 0 saturated heterocycles. The van der Waals surface area contributed by atoms with E-state index in [4.69, 9.17) is 16.7 Å². The molecule has 2 aromatic carbocycles. The SMILES string of the molecule is Oc1ccc(NC2CC(c3ccc(Cl)cc3)C2)cc1F. The molecule has 0 aromatic heterocycles. The Morgan fingerprint density at radius 2 is 1.80 bits per heavy atom. The normalized spacial score (nSPS) is 21.3. The first-order valence-corrected chi connectivity index (χ1v) is 7.00. The predicted octanol–water partition coefficient (Wildman–Crippen LogP) is 4.54. The highest BCUT2D eigenvalue weighted by Crippen LogP contribution is 2.39. The molecule has 0 heterocycles. The van der Waals surface area contributed by atoms with Gasteiger partial charge in [-0.3, -0.25) is 0 Å². The summed E-state index contributed by atoms with van der Waals surface area (Å²) in [6, 6.07) is 12.7. The van der Waals surface area contributed by atoms with Gasteiger partial charge in [-0.1, -0.05) is 23.7 Å². The summed E-state index contributed by atoms with van der Waals surface area (Å²) in [7, 11) is 0. The highest BCUT2D eigenvalue weighted by molar-refractivity contribution is 6.30. The van der Waals surface area contributed by atoms with E-state index in [9.17, 15) is 4.39 Å². The summed E-state index contributed by atoms with van der Waals surface area (Å²) in [4.78, 5) is 0. The van der Waals surface area contributed by atoms with Crippen LogP contribution in [0.1, 0.15) is 24.3 Å². The van der Waals surface area contributed by atoms with E-state index in [1.165, 1.54) is 17.7 Å². The van der Waals surface area contributed by atoms with E-state index in [0.29, 0.717) is 17.6 Å². The maximum Gasteiger partial charge on any atom is 0.166 e. The van der Waals surface area contributed by atoms with Crippen molar-refractivity contribution in [1.29, 1.82) is 0 Å². The summed E-state index contributed by atoms with van der Waals surface area (Å²) in [6.45, 7) is 0. The molecule has 0 radical (unpaired) electrons. The molecular weight excluding hydrogens is 277 g/mol. The Morgan fingerprint density at radius 1 is 1.10 bits per heavy atom. The van der Waals surface area contributed by atoms with Gasteiger partial charge in [-0.15, -0.1) is 0 Å². The zero-order valence-electron chi connectivity index (χ0n) is 10.8. The number of hydrogen-bond acceptors (Lipinski definition) is 2. The van der Waals surface area contributed by atoms with Crippen molar-refractivity contribution in [3.05, 3.63) is 58.9 Å². The smallest absolute Gasteiger partial charge is 0.166 e. The van der Waals surface area contributed by atoms with Gasteiger partial charge in [0.15, 0.2) is 11.6 Å². The first-order valence-electron chi connectivity index (χ1n) is 6.62. The number of rotatable bonds is 3. The molecule has 0 unspecified atom stereocenters. The Kier molecular flexibility index (Phi) is 3.53. The van der Waals surface area contributed by atoms with Gasteiger partial charge >= 0.3 is 0 Å². The second kappa shape index (κ2) is 5.33. The van der Waals surface area contributed by atoms with Crippen LogP contribution in [0.25, 0.3) is 0 Å².